The van der Waals surface area contributed by atoms with Crippen molar-refractivity contribution in [2.75, 3.05) is 37.1 Å². The Kier molecular flexibility index (Phi) is 7.64. The smallest absolute Gasteiger partial charge is 0.405 e. The van der Waals surface area contributed by atoms with Crippen LogP contribution in [0.3, 0.4) is 0 Å². The van der Waals surface area contributed by atoms with Crippen molar-refractivity contribution in [1.82, 2.24) is 15.3 Å². The number of rotatable bonds is 8. The molecule has 2 N–H and O–H groups in total. The first-order valence-corrected chi connectivity index (χ1v) is 13.3. The fourth-order valence-corrected chi connectivity index (χ4v) is 5.32. The molecule has 2 aromatic carbocycles. The van der Waals surface area contributed by atoms with Gasteiger partial charge in [-0.15, -0.1) is 0 Å². The predicted octanol–water partition coefficient (Wildman–Crippen LogP) is 4.90. The van der Waals surface area contributed by atoms with Crippen LogP contribution in [0.1, 0.15) is 12.0 Å². The zero-order valence-corrected chi connectivity index (χ0v) is 21.4. The molecule has 0 aliphatic carbocycles. The lowest BCUT2D eigenvalue weighted by molar-refractivity contribution is -0.139. The Balaban J connectivity index is 1.66. The first kappa shape index (κ1) is 26.7. The lowest BCUT2D eigenvalue weighted by Crippen LogP contribution is -2.36. The molecule has 9 nitrogen and oxygen atoms in total. The molecular formula is C23H23ClF3N5O4S. The molecule has 0 radical (unpaired) electrons. The number of anilines is 2. The van der Waals surface area contributed by atoms with Crippen LogP contribution < -0.4 is 20.1 Å². The number of nitrogens with one attached hydrogen (secondary N) is 2. The van der Waals surface area contributed by atoms with Gasteiger partial charge in [-0.25, -0.2) is 14.2 Å². The van der Waals surface area contributed by atoms with Crippen molar-refractivity contribution in [3.8, 4) is 11.5 Å². The van der Waals surface area contributed by atoms with Gasteiger partial charge in [-0.2, -0.15) is 17.5 Å². The number of nitrogens with zero attached hydrogens (tertiary/aromatic N) is 3. The lowest BCUT2D eigenvalue weighted by atomic mass is 10.1. The van der Waals surface area contributed by atoms with Gasteiger partial charge < -0.3 is 20.1 Å². The van der Waals surface area contributed by atoms with E-state index in [0.717, 1.165) is 6.42 Å². The van der Waals surface area contributed by atoms with Gasteiger partial charge in [0, 0.05) is 33.5 Å². The Hall–Kier alpha value is -3.32. The Morgan fingerprint density at radius 2 is 2.00 bits per heavy atom. The van der Waals surface area contributed by atoms with Crippen molar-refractivity contribution in [2.45, 2.75) is 19.5 Å². The molecule has 37 heavy (non-hydrogen) atoms. The van der Waals surface area contributed by atoms with Gasteiger partial charge in [0.2, 0.25) is 0 Å². The topological polar surface area (TPSA) is 115 Å². The zero-order chi connectivity index (χ0) is 26.8. The Labute approximate surface area is 215 Å². The summed E-state index contributed by atoms with van der Waals surface area (Å²) >= 11 is 6.07. The van der Waals surface area contributed by atoms with E-state index >= 15 is 0 Å². The number of aromatic nitrogens is 2. The summed E-state index contributed by atoms with van der Waals surface area (Å²) in [5.41, 5.74) is 1.99. The maximum absolute atomic E-state index is 12.7. The summed E-state index contributed by atoms with van der Waals surface area (Å²) in [5, 5.41) is 5.75. The summed E-state index contributed by atoms with van der Waals surface area (Å²) < 4.78 is 65.3. The van der Waals surface area contributed by atoms with Crippen molar-refractivity contribution in [3.63, 3.8) is 0 Å². The molecule has 1 saturated heterocycles. The highest BCUT2D eigenvalue weighted by molar-refractivity contribution is 7.95. The maximum Gasteiger partial charge on any atom is 0.405 e. The van der Waals surface area contributed by atoms with E-state index in [-0.39, 0.29) is 10.8 Å². The molecule has 3 aromatic rings. The second kappa shape index (κ2) is 10.6. The standard InChI is InChI=1S/C23H23ClF3N5O4S/c1-13-20-16(9-17(21(13)35-2)32-37(34)6-3-7-37)29-12-30-22(20)31-15-5-4-14(24)8-18(15)36-10-19(33)28-11-23(25,26)27/h4-5,8-9,12H,3,6-7,10-11H2,1-2H3,(H,28,33)(H,29,30,31). The van der Waals surface area contributed by atoms with Crippen LogP contribution in [0.15, 0.2) is 35.0 Å². The van der Waals surface area contributed by atoms with Gasteiger partial charge in [0.1, 0.15) is 35.9 Å². The quantitative estimate of drug-likeness (QED) is 0.404. The Morgan fingerprint density at radius 3 is 2.65 bits per heavy atom. The van der Waals surface area contributed by atoms with Crippen molar-refractivity contribution in [1.29, 1.82) is 0 Å². The number of hydrogen-bond acceptors (Lipinski definition) is 8. The van der Waals surface area contributed by atoms with Crippen molar-refractivity contribution < 1.29 is 31.6 Å². The number of alkyl halides is 3. The van der Waals surface area contributed by atoms with E-state index in [0.29, 0.717) is 50.9 Å². The molecular weight excluding hydrogens is 535 g/mol. The second-order valence-electron chi connectivity index (χ2n) is 8.24. The van der Waals surface area contributed by atoms with Gasteiger partial charge in [-0.1, -0.05) is 11.6 Å². The molecule has 198 valence electrons. The highest BCUT2D eigenvalue weighted by Gasteiger charge is 2.28. The van der Waals surface area contributed by atoms with Crippen LogP contribution in [0.4, 0.5) is 30.4 Å². The van der Waals surface area contributed by atoms with Crippen LogP contribution in [0.25, 0.3) is 10.9 Å². The highest BCUT2D eigenvalue weighted by Crippen LogP contribution is 2.41. The molecule has 2 heterocycles. The molecule has 0 unspecified atom stereocenters. The Bertz CT molecular complexity index is 1460. The number of amides is 1. The van der Waals surface area contributed by atoms with Gasteiger partial charge in [0.25, 0.3) is 5.91 Å². The van der Waals surface area contributed by atoms with Crippen molar-refractivity contribution in [2.24, 2.45) is 4.36 Å². The van der Waals surface area contributed by atoms with E-state index in [9.17, 15) is 22.2 Å². The van der Waals surface area contributed by atoms with Crippen LogP contribution >= 0.6 is 11.6 Å². The second-order valence-corrected chi connectivity index (χ2v) is 11.2. The molecule has 0 spiro atoms. The van der Waals surface area contributed by atoms with Gasteiger partial charge in [0.15, 0.2) is 6.61 Å². The largest absolute Gasteiger partial charge is 0.494 e. The predicted molar refractivity (Wildman–Crippen MR) is 135 cm³/mol. The molecule has 1 fully saturated rings. The summed E-state index contributed by atoms with van der Waals surface area (Å²) in [5.74, 6) is 1.06. The molecule has 1 aromatic heterocycles. The summed E-state index contributed by atoms with van der Waals surface area (Å²) in [4.78, 5) is 20.5. The van der Waals surface area contributed by atoms with Crippen LogP contribution in [-0.4, -0.2) is 58.0 Å². The summed E-state index contributed by atoms with van der Waals surface area (Å²) in [7, 11) is -0.800. The SMILES string of the molecule is COc1c(N=S2(=O)CCC2)cc2ncnc(Nc3ccc(Cl)cc3OCC(=O)NCC(F)(F)F)c2c1C. The van der Waals surface area contributed by atoms with E-state index in [1.165, 1.54) is 19.5 Å². The normalized spacial score (nSPS) is 14.5. The summed E-state index contributed by atoms with van der Waals surface area (Å²) in [6.45, 7) is -0.327. The molecule has 1 aliphatic rings. The fourth-order valence-electron chi connectivity index (χ4n) is 3.70. The van der Waals surface area contributed by atoms with Crippen LogP contribution in [0.5, 0.6) is 11.5 Å². The third-order valence-electron chi connectivity index (χ3n) is 5.54. The molecule has 14 heteroatoms. The summed E-state index contributed by atoms with van der Waals surface area (Å²) in [6.07, 6.45) is -2.33. The third kappa shape index (κ3) is 6.34. The monoisotopic (exact) mass is 557 g/mol. The van der Waals surface area contributed by atoms with E-state index in [1.54, 1.807) is 30.4 Å². The van der Waals surface area contributed by atoms with Crippen LogP contribution in [-0.2, 0) is 14.5 Å². The minimum Gasteiger partial charge on any atom is -0.494 e. The minimum absolute atomic E-state index is 0.125. The number of halogens is 4. The van der Waals surface area contributed by atoms with Gasteiger partial charge in [0.05, 0.1) is 28.0 Å². The third-order valence-corrected chi connectivity index (χ3v) is 8.15. The van der Waals surface area contributed by atoms with Crippen LogP contribution in [0, 0.1) is 6.92 Å². The van der Waals surface area contributed by atoms with Gasteiger partial charge in [-0.05, 0) is 31.5 Å². The first-order chi connectivity index (χ1) is 17.5. The number of fused-ring (bicyclic) bond motifs is 1. The molecule has 1 amide bonds. The first-order valence-electron chi connectivity index (χ1n) is 11.1. The maximum atomic E-state index is 12.7. The lowest BCUT2D eigenvalue weighted by Gasteiger charge is -2.20. The number of carbonyl (C=O) groups excluding carboxylic acids is 1. The number of carbonyl (C=O) groups is 1. The van der Waals surface area contributed by atoms with Gasteiger partial charge >= 0.3 is 6.18 Å². The zero-order valence-electron chi connectivity index (χ0n) is 19.8. The highest BCUT2D eigenvalue weighted by atomic mass is 35.5. The minimum atomic E-state index is -4.54. The van der Waals surface area contributed by atoms with Crippen molar-refractivity contribution >= 4 is 55.3 Å². The van der Waals surface area contributed by atoms with Gasteiger partial charge in [-0.3, -0.25) is 4.79 Å². The molecule has 0 atom stereocenters. The van der Waals surface area contributed by atoms with Crippen molar-refractivity contribution in [3.05, 3.63) is 41.2 Å². The fraction of sp³-hybridized carbons (Fsp3) is 0.348. The van der Waals surface area contributed by atoms with E-state index < -0.39 is 35.0 Å². The average molecular weight is 558 g/mol. The van der Waals surface area contributed by atoms with E-state index in [2.05, 4.69) is 19.6 Å². The number of methoxy groups -OCH3 is 1. The molecule has 4 rings (SSSR count). The number of ether oxygens (including phenoxy) is 2. The molecule has 1 aliphatic heterocycles. The van der Waals surface area contributed by atoms with E-state index in [1.807, 2.05) is 0 Å². The molecule has 0 saturated carbocycles. The summed E-state index contributed by atoms with van der Waals surface area (Å²) in [6, 6.07) is 6.26. The average Bonchev–Trinajstić information content (AvgIpc) is 2.81. The van der Waals surface area contributed by atoms with E-state index in [4.69, 9.17) is 21.1 Å². The number of aryl methyl sites for hydroxylation is 1. The number of benzene rings is 2. The Morgan fingerprint density at radius 1 is 1.24 bits per heavy atom. The van der Waals surface area contributed by atoms with Crippen LogP contribution in [0.2, 0.25) is 5.02 Å². The number of hydrogen-bond donors (Lipinski definition) is 2. The molecule has 0 bridgehead atoms.